The topological polar surface area (TPSA) is 108 Å². The molecule has 0 aliphatic carbocycles. The lowest BCUT2D eigenvalue weighted by Gasteiger charge is -2.34. The minimum atomic E-state index is -5.08. The average Bonchev–Trinajstić information content (AvgIpc) is 2.66. The number of hydrogen-bond donors (Lipinski definition) is 3. The molecule has 11 heteroatoms. The van der Waals surface area contributed by atoms with E-state index in [-0.39, 0.29) is 18.6 Å². The summed E-state index contributed by atoms with van der Waals surface area (Å²) in [5, 5.41) is 13.1. The van der Waals surface area contributed by atoms with Crippen molar-refractivity contribution in [1.29, 1.82) is 0 Å². The van der Waals surface area contributed by atoms with Crippen LogP contribution in [0.15, 0.2) is 30.3 Å². The Kier molecular flexibility index (Phi) is 9.39. The van der Waals surface area contributed by atoms with Gasteiger partial charge in [-0.3, -0.25) is 9.69 Å². The molecule has 0 aromatic heterocycles. The summed E-state index contributed by atoms with van der Waals surface area (Å²) in [7, 11) is 0. The van der Waals surface area contributed by atoms with Crippen LogP contribution >= 0.6 is 0 Å². The standard InChI is InChI=1S/C16H23N3O3.C2HF3O2/c1-12(2)18-15(20)14-10-17-8-9-19(14)16(21)22-11-13-6-4-3-5-7-13;3-2(4,5)1(6)7/h3-7,12,14,17H,8-11H2,1-2H3,(H,18,20);(H,6,7)/t14-;/m0./s1. The highest BCUT2D eigenvalue weighted by molar-refractivity contribution is 5.86. The van der Waals surface area contributed by atoms with E-state index in [2.05, 4.69) is 10.6 Å². The number of alkyl halides is 3. The van der Waals surface area contributed by atoms with Crippen molar-refractivity contribution in [2.24, 2.45) is 0 Å². The molecule has 1 aromatic rings. The molecule has 0 spiro atoms. The summed E-state index contributed by atoms with van der Waals surface area (Å²) in [6.45, 7) is 5.56. The fourth-order valence-corrected chi connectivity index (χ4v) is 2.34. The number of ether oxygens (including phenoxy) is 1. The molecule has 0 saturated carbocycles. The molecular formula is C18H24F3N3O5. The Balaban J connectivity index is 0.000000516. The first-order valence-corrected chi connectivity index (χ1v) is 8.81. The Bertz CT molecular complexity index is 683. The molecule has 162 valence electrons. The molecule has 0 radical (unpaired) electrons. The first kappa shape index (κ1) is 24.2. The van der Waals surface area contributed by atoms with E-state index >= 15 is 0 Å². The van der Waals surface area contributed by atoms with Crippen molar-refractivity contribution in [1.82, 2.24) is 15.5 Å². The molecule has 2 amide bonds. The summed E-state index contributed by atoms with van der Waals surface area (Å²) < 4.78 is 37.1. The molecule has 1 aliphatic heterocycles. The second kappa shape index (κ2) is 11.2. The highest BCUT2D eigenvalue weighted by Gasteiger charge is 2.38. The van der Waals surface area contributed by atoms with Crippen molar-refractivity contribution in [2.75, 3.05) is 19.6 Å². The van der Waals surface area contributed by atoms with E-state index in [1.54, 1.807) is 0 Å². The number of carbonyl (C=O) groups is 3. The number of aliphatic carboxylic acids is 1. The largest absolute Gasteiger partial charge is 0.490 e. The summed E-state index contributed by atoms with van der Waals surface area (Å²) in [5.74, 6) is -2.91. The van der Waals surface area contributed by atoms with Gasteiger partial charge >= 0.3 is 18.2 Å². The minimum absolute atomic E-state index is 0.0385. The third-order valence-corrected chi connectivity index (χ3v) is 3.66. The number of carboxylic acids is 1. The minimum Gasteiger partial charge on any atom is -0.475 e. The normalized spacial score (nSPS) is 16.5. The lowest BCUT2D eigenvalue weighted by atomic mass is 10.2. The second-order valence-corrected chi connectivity index (χ2v) is 6.42. The van der Waals surface area contributed by atoms with Crippen molar-refractivity contribution < 1.29 is 37.4 Å². The number of carboxylic acid groups (broad SMARTS) is 1. The molecular weight excluding hydrogens is 395 g/mol. The van der Waals surface area contributed by atoms with Gasteiger partial charge in [-0.2, -0.15) is 13.2 Å². The van der Waals surface area contributed by atoms with Gasteiger partial charge in [0.15, 0.2) is 0 Å². The third-order valence-electron chi connectivity index (χ3n) is 3.66. The van der Waals surface area contributed by atoms with Gasteiger partial charge in [-0.1, -0.05) is 30.3 Å². The number of rotatable bonds is 4. The predicted molar refractivity (Wildman–Crippen MR) is 97.0 cm³/mol. The SMILES string of the molecule is CC(C)NC(=O)[C@@H]1CNCCN1C(=O)OCc1ccccc1.O=C(O)C(F)(F)F. The second-order valence-electron chi connectivity index (χ2n) is 6.42. The Morgan fingerprint density at radius 2 is 1.86 bits per heavy atom. The lowest BCUT2D eigenvalue weighted by Crippen LogP contribution is -2.60. The fraction of sp³-hybridized carbons (Fsp3) is 0.500. The van der Waals surface area contributed by atoms with Crippen LogP contribution in [0, 0.1) is 0 Å². The predicted octanol–water partition coefficient (Wildman–Crippen LogP) is 1.75. The highest BCUT2D eigenvalue weighted by Crippen LogP contribution is 2.13. The third kappa shape index (κ3) is 8.81. The van der Waals surface area contributed by atoms with Crippen molar-refractivity contribution in [3.05, 3.63) is 35.9 Å². The fourth-order valence-electron chi connectivity index (χ4n) is 2.34. The van der Waals surface area contributed by atoms with Gasteiger partial charge in [0.25, 0.3) is 0 Å². The molecule has 0 bridgehead atoms. The van der Waals surface area contributed by atoms with Crippen LogP contribution < -0.4 is 10.6 Å². The molecule has 8 nitrogen and oxygen atoms in total. The van der Waals surface area contributed by atoms with E-state index in [0.29, 0.717) is 19.6 Å². The number of carbonyl (C=O) groups excluding carboxylic acids is 2. The van der Waals surface area contributed by atoms with Crippen LogP contribution in [0.25, 0.3) is 0 Å². The van der Waals surface area contributed by atoms with Gasteiger partial charge in [0, 0.05) is 25.7 Å². The van der Waals surface area contributed by atoms with E-state index in [1.807, 2.05) is 44.2 Å². The molecule has 3 N–H and O–H groups in total. The van der Waals surface area contributed by atoms with Crippen LogP contribution in [-0.2, 0) is 20.9 Å². The quantitative estimate of drug-likeness (QED) is 0.687. The Labute approximate surface area is 166 Å². The molecule has 0 unspecified atom stereocenters. The lowest BCUT2D eigenvalue weighted by molar-refractivity contribution is -0.192. The Morgan fingerprint density at radius 1 is 1.28 bits per heavy atom. The van der Waals surface area contributed by atoms with Gasteiger partial charge in [0.2, 0.25) is 5.91 Å². The van der Waals surface area contributed by atoms with E-state index in [1.165, 1.54) is 4.90 Å². The smallest absolute Gasteiger partial charge is 0.475 e. The molecule has 1 fully saturated rings. The van der Waals surface area contributed by atoms with Gasteiger partial charge < -0.3 is 20.5 Å². The highest BCUT2D eigenvalue weighted by atomic mass is 19.4. The van der Waals surface area contributed by atoms with Crippen molar-refractivity contribution in [2.45, 2.75) is 38.7 Å². The number of benzene rings is 1. The van der Waals surface area contributed by atoms with Crippen LogP contribution in [0.1, 0.15) is 19.4 Å². The molecule has 2 rings (SSSR count). The van der Waals surface area contributed by atoms with E-state index in [4.69, 9.17) is 14.6 Å². The van der Waals surface area contributed by atoms with Crippen molar-refractivity contribution in [3.63, 3.8) is 0 Å². The van der Waals surface area contributed by atoms with Crippen LogP contribution in [0.3, 0.4) is 0 Å². The van der Waals surface area contributed by atoms with Crippen LogP contribution in [0.5, 0.6) is 0 Å². The zero-order valence-corrected chi connectivity index (χ0v) is 16.0. The monoisotopic (exact) mass is 419 g/mol. The van der Waals surface area contributed by atoms with Crippen molar-refractivity contribution in [3.8, 4) is 0 Å². The number of halogens is 3. The Morgan fingerprint density at radius 3 is 2.38 bits per heavy atom. The van der Waals surface area contributed by atoms with Gasteiger partial charge in [-0.05, 0) is 19.4 Å². The number of nitrogens with one attached hydrogen (secondary N) is 2. The molecule has 1 aliphatic rings. The summed E-state index contributed by atoms with van der Waals surface area (Å²) in [5.41, 5.74) is 0.925. The van der Waals surface area contributed by atoms with E-state index in [0.717, 1.165) is 5.56 Å². The summed E-state index contributed by atoms with van der Waals surface area (Å²) in [4.78, 5) is 34.9. The molecule has 1 saturated heterocycles. The van der Waals surface area contributed by atoms with Crippen LogP contribution in [0.4, 0.5) is 18.0 Å². The van der Waals surface area contributed by atoms with Gasteiger partial charge in [0.05, 0.1) is 0 Å². The first-order valence-electron chi connectivity index (χ1n) is 8.81. The maximum absolute atomic E-state index is 12.3. The van der Waals surface area contributed by atoms with Gasteiger partial charge in [0.1, 0.15) is 12.6 Å². The summed E-state index contributed by atoms with van der Waals surface area (Å²) >= 11 is 0. The number of piperazine rings is 1. The van der Waals surface area contributed by atoms with E-state index in [9.17, 15) is 22.8 Å². The van der Waals surface area contributed by atoms with Crippen molar-refractivity contribution >= 4 is 18.0 Å². The number of nitrogens with zero attached hydrogens (tertiary/aromatic N) is 1. The zero-order chi connectivity index (χ0) is 22.0. The number of amides is 2. The Hall–Kier alpha value is -2.82. The zero-order valence-electron chi connectivity index (χ0n) is 16.0. The first-order chi connectivity index (χ1) is 13.5. The maximum Gasteiger partial charge on any atom is 0.490 e. The van der Waals surface area contributed by atoms with Crippen LogP contribution in [-0.4, -0.2) is 65.9 Å². The molecule has 1 heterocycles. The summed E-state index contributed by atoms with van der Waals surface area (Å²) in [6, 6.07) is 9.01. The maximum atomic E-state index is 12.3. The van der Waals surface area contributed by atoms with Gasteiger partial charge in [-0.15, -0.1) is 0 Å². The molecule has 1 aromatic carbocycles. The van der Waals surface area contributed by atoms with Crippen LogP contribution in [0.2, 0.25) is 0 Å². The average molecular weight is 419 g/mol. The van der Waals surface area contributed by atoms with E-state index < -0.39 is 24.3 Å². The molecule has 29 heavy (non-hydrogen) atoms. The molecule has 1 atom stereocenters. The van der Waals surface area contributed by atoms with Gasteiger partial charge in [-0.25, -0.2) is 9.59 Å². The number of hydrogen-bond acceptors (Lipinski definition) is 5. The summed E-state index contributed by atoms with van der Waals surface area (Å²) in [6.07, 6.45) is -5.53.